The van der Waals surface area contributed by atoms with E-state index < -0.39 is 0 Å². The number of anilines is 1. The standard InChI is InChI=1S/C22H27N3O4/c1-14-6-5-7-18(15(14)2)24-21(26)13-25(4)22(27)23-16(3)17-8-9-19-20(12-17)29-11-10-28-19/h5-9,12,16H,10-11,13H2,1-4H3,(H,23,27)(H,24,26). The number of amides is 3. The quantitative estimate of drug-likeness (QED) is 0.810. The lowest BCUT2D eigenvalue weighted by molar-refractivity contribution is -0.116. The highest BCUT2D eigenvalue weighted by atomic mass is 16.6. The van der Waals surface area contributed by atoms with Crippen LogP contribution in [0.5, 0.6) is 11.5 Å². The number of benzene rings is 2. The van der Waals surface area contributed by atoms with Gasteiger partial charge in [-0.05, 0) is 55.7 Å². The van der Waals surface area contributed by atoms with Crippen molar-refractivity contribution in [1.82, 2.24) is 10.2 Å². The van der Waals surface area contributed by atoms with Crippen molar-refractivity contribution in [3.63, 3.8) is 0 Å². The molecule has 29 heavy (non-hydrogen) atoms. The van der Waals surface area contributed by atoms with Crippen LogP contribution in [-0.2, 0) is 4.79 Å². The monoisotopic (exact) mass is 397 g/mol. The summed E-state index contributed by atoms with van der Waals surface area (Å²) in [5, 5.41) is 5.77. The van der Waals surface area contributed by atoms with Gasteiger partial charge in [-0.1, -0.05) is 18.2 Å². The predicted octanol–water partition coefficient (Wildman–Crippen LogP) is 3.42. The molecule has 3 amide bonds. The average molecular weight is 397 g/mol. The van der Waals surface area contributed by atoms with Gasteiger partial charge in [0, 0.05) is 12.7 Å². The highest BCUT2D eigenvalue weighted by Gasteiger charge is 2.19. The van der Waals surface area contributed by atoms with Crippen LogP contribution >= 0.6 is 0 Å². The number of nitrogens with zero attached hydrogens (tertiary/aromatic N) is 1. The highest BCUT2D eigenvalue weighted by molar-refractivity contribution is 5.95. The number of hydrogen-bond acceptors (Lipinski definition) is 4. The van der Waals surface area contributed by atoms with Crippen LogP contribution in [0.25, 0.3) is 0 Å². The van der Waals surface area contributed by atoms with E-state index in [1.165, 1.54) is 4.90 Å². The molecule has 0 bridgehead atoms. The van der Waals surface area contributed by atoms with Crippen LogP contribution in [0, 0.1) is 13.8 Å². The van der Waals surface area contributed by atoms with E-state index in [-0.39, 0.29) is 24.5 Å². The van der Waals surface area contributed by atoms with Crippen LogP contribution < -0.4 is 20.1 Å². The molecule has 0 aliphatic carbocycles. The molecule has 2 aromatic rings. The summed E-state index contributed by atoms with van der Waals surface area (Å²) in [4.78, 5) is 26.2. The summed E-state index contributed by atoms with van der Waals surface area (Å²) in [5.74, 6) is 1.14. The van der Waals surface area contributed by atoms with Gasteiger partial charge in [-0.25, -0.2) is 4.79 Å². The maximum Gasteiger partial charge on any atom is 0.318 e. The maximum atomic E-state index is 12.5. The molecule has 0 aromatic heterocycles. The fourth-order valence-electron chi connectivity index (χ4n) is 3.07. The lowest BCUT2D eigenvalue weighted by atomic mass is 10.1. The van der Waals surface area contributed by atoms with E-state index in [9.17, 15) is 9.59 Å². The summed E-state index contributed by atoms with van der Waals surface area (Å²) < 4.78 is 11.1. The Morgan fingerprint density at radius 1 is 1.10 bits per heavy atom. The first-order valence-corrected chi connectivity index (χ1v) is 9.62. The van der Waals surface area contributed by atoms with Crippen LogP contribution in [-0.4, -0.2) is 43.6 Å². The smallest absolute Gasteiger partial charge is 0.318 e. The minimum atomic E-state index is -0.330. The van der Waals surface area contributed by atoms with Gasteiger partial charge in [0.1, 0.15) is 19.8 Å². The van der Waals surface area contributed by atoms with Gasteiger partial charge >= 0.3 is 6.03 Å². The number of hydrogen-bond donors (Lipinski definition) is 2. The molecule has 1 aliphatic heterocycles. The van der Waals surface area contributed by atoms with Crippen molar-refractivity contribution >= 4 is 17.6 Å². The number of carbonyl (C=O) groups is 2. The summed E-state index contributed by atoms with van der Waals surface area (Å²) in [7, 11) is 1.59. The number of carbonyl (C=O) groups excluding carboxylic acids is 2. The zero-order chi connectivity index (χ0) is 21.0. The van der Waals surface area contributed by atoms with Gasteiger partial charge in [0.25, 0.3) is 0 Å². The molecule has 2 N–H and O–H groups in total. The Hall–Kier alpha value is -3.22. The van der Waals surface area contributed by atoms with Gasteiger partial charge in [-0.15, -0.1) is 0 Å². The first-order chi connectivity index (χ1) is 13.8. The molecule has 3 rings (SSSR count). The van der Waals surface area contributed by atoms with E-state index in [1.54, 1.807) is 7.05 Å². The van der Waals surface area contributed by atoms with E-state index >= 15 is 0 Å². The second-order valence-corrected chi connectivity index (χ2v) is 7.23. The largest absolute Gasteiger partial charge is 0.486 e. The zero-order valence-corrected chi connectivity index (χ0v) is 17.2. The van der Waals surface area contributed by atoms with E-state index in [0.717, 1.165) is 22.4 Å². The molecule has 1 atom stereocenters. The Kier molecular flexibility index (Phi) is 6.26. The van der Waals surface area contributed by atoms with Crippen LogP contribution in [0.15, 0.2) is 36.4 Å². The third-order valence-electron chi connectivity index (χ3n) is 5.01. The van der Waals surface area contributed by atoms with Crippen molar-refractivity contribution < 1.29 is 19.1 Å². The average Bonchev–Trinajstić information content (AvgIpc) is 2.70. The van der Waals surface area contributed by atoms with Crippen molar-refractivity contribution in [2.24, 2.45) is 0 Å². The summed E-state index contributed by atoms with van der Waals surface area (Å²) >= 11 is 0. The molecule has 0 fully saturated rings. The summed E-state index contributed by atoms with van der Waals surface area (Å²) in [6.07, 6.45) is 0. The van der Waals surface area contributed by atoms with Crippen LogP contribution in [0.3, 0.4) is 0 Å². The van der Waals surface area contributed by atoms with E-state index in [1.807, 2.05) is 57.2 Å². The van der Waals surface area contributed by atoms with Crippen molar-refractivity contribution in [3.05, 3.63) is 53.1 Å². The predicted molar refractivity (Wildman–Crippen MR) is 112 cm³/mol. The number of ether oxygens (including phenoxy) is 2. The van der Waals surface area contributed by atoms with E-state index in [2.05, 4.69) is 10.6 Å². The highest BCUT2D eigenvalue weighted by Crippen LogP contribution is 2.32. The molecule has 0 radical (unpaired) electrons. The molecular weight excluding hydrogens is 370 g/mol. The number of likely N-dealkylation sites (N-methyl/N-ethyl adjacent to an activating group) is 1. The Bertz CT molecular complexity index is 913. The molecule has 154 valence electrons. The van der Waals surface area contributed by atoms with Gasteiger partial charge in [0.05, 0.1) is 6.04 Å². The summed E-state index contributed by atoms with van der Waals surface area (Å²) in [6, 6.07) is 10.8. The minimum Gasteiger partial charge on any atom is -0.486 e. The molecule has 1 unspecified atom stereocenters. The Balaban J connectivity index is 1.55. The molecular formula is C22H27N3O4. The van der Waals surface area contributed by atoms with E-state index in [0.29, 0.717) is 24.7 Å². The van der Waals surface area contributed by atoms with Crippen molar-refractivity contribution in [1.29, 1.82) is 0 Å². The Labute approximate surface area is 171 Å². The molecule has 0 saturated heterocycles. The van der Waals surface area contributed by atoms with Crippen LogP contribution in [0.2, 0.25) is 0 Å². The molecule has 0 spiro atoms. The first-order valence-electron chi connectivity index (χ1n) is 9.62. The number of fused-ring (bicyclic) bond motifs is 1. The molecule has 7 heteroatoms. The number of urea groups is 1. The second kappa shape index (κ2) is 8.86. The van der Waals surface area contributed by atoms with E-state index in [4.69, 9.17) is 9.47 Å². The number of aryl methyl sites for hydroxylation is 1. The summed E-state index contributed by atoms with van der Waals surface area (Å²) in [6.45, 7) is 6.82. The third kappa shape index (κ3) is 4.99. The topological polar surface area (TPSA) is 79.9 Å². The second-order valence-electron chi connectivity index (χ2n) is 7.23. The lowest BCUT2D eigenvalue weighted by Gasteiger charge is -2.23. The molecule has 1 heterocycles. The number of rotatable bonds is 5. The third-order valence-corrected chi connectivity index (χ3v) is 5.01. The SMILES string of the molecule is Cc1cccc(NC(=O)CN(C)C(=O)NC(C)c2ccc3c(c2)OCCO3)c1C. The van der Waals surface area contributed by atoms with Crippen LogP contribution in [0.1, 0.15) is 29.7 Å². The van der Waals surface area contributed by atoms with Crippen molar-refractivity contribution in [3.8, 4) is 11.5 Å². The van der Waals surface area contributed by atoms with Gasteiger partial charge < -0.3 is 25.0 Å². The molecule has 7 nitrogen and oxygen atoms in total. The Morgan fingerprint density at radius 3 is 2.59 bits per heavy atom. The fourth-order valence-corrected chi connectivity index (χ4v) is 3.07. The van der Waals surface area contributed by atoms with Gasteiger partial charge in [-0.2, -0.15) is 0 Å². The minimum absolute atomic E-state index is 0.0485. The lowest BCUT2D eigenvalue weighted by Crippen LogP contribution is -2.42. The molecule has 2 aromatic carbocycles. The van der Waals surface area contributed by atoms with Gasteiger partial charge in [0.2, 0.25) is 5.91 Å². The normalized spacial score (nSPS) is 13.4. The van der Waals surface area contributed by atoms with Gasteiger partial charge in [0.15, 0.2) is 11.5 Å². The van der Waals surface area contributed by atoms with Gasteiger partial charge in [-0.3, -0.25) is 4.79 Å². The number of nitrogens with one attached hydrogen (secondary N) is 2. The van der Waals surface area contributed by atoms with Crippen molar-refractivity contribution in [2.45, 2.75) is 26.8 Å². The zero-order valence-electron chi connectivity index (χ0n) is 17.2. The molecule has 0 saturated carbocycles. The fraction of sp³-hybridized carbons (Fsp3) is 0.364. The summed E-state index contributed by atoms with van der Waals surface area (Å²) in [5.41, 5.74) is 3.77. The van der Waals surface area contributed by atoms with Crippen molar-refractivity contribution in [2.75, 3.05) is 32.1 Å². The maximum absolute atomic E-state index is 12.5. The van der Waals surface area contributed by atoms with Crippen LogP contribution in [0.4, 0.5) is 10.5 Å². The Morgan fingerprint density at radius 2 is 1.83 bits per heavy atom. The first kappa shape index (κ1) is 20.5. The molecule has 1 aliphatic rings.